The van der Waals surface area contributed by atoms with Crippen molar-refractivity contribution in [3.8, 4) is 11.5 Å². The number of nitrogens with zero attached hydrogens (tertiary/aromatic N) is 2. The van der Waals surface area contributed by atoms with Crippen LogP contribution in [0.2, 0.25) is 0 Å². The molecule has 0 atom stereocenters. The highest BCUT2D eigenvalue weighted by Crippen LogP contribution is 2.25. The van der Waals surface area contributed by atoms with Gasteiger partial charge in [0.05, 0.1) is 4.90 Å². The Kier molecular flexibility index (Phi) is 5.09. The molecule has 1 amide bonds. The second-order valence-corrected chi connectivity index (χ2v) is 8.29. The van der Waals surface area contributed by atoms with Gasteiger partial charge in [-0.25, -0.2) is 8.42 Å². The molecule has 3 aromatic rings. The van der Waals surface area contributed by atoms with Crippen molar-refractivity contribution in [1.29, 1.82) is 0 Å². The zero-order valence-electron chi connectivity index (χ0n) is 15.2. The second kappa shape index (κ2) is 7.32. The number of nitrogens with one attached hydrogen (secondary N) is 1. The van der Waals surface area contributed by atoms with Crippen molar-refractivity contribution in [2.75, 3.05) is 5.32 Å². The monoisotopic (exact) mass is 385 g/mol. The van der Waals surface area contributed by atoms with Crippen LogP contribution in [0.3, 0.4) is 0 Å². The van der Waals surface area contributed by atoms with Crippen LogP contribution >= 0.6 is 0 Å². The Bertz CT molecular complexity index is 1090. The van der Waals surface area contributed by atoms with E-state index in [1.807, 2.05) is 19.9 Å². The van der Waals surface area contributed by atoms with E-state index in [1.54, 1.807) is 36.4 Å². The highest BCUT2D eigenvalue weighted by molar-refractivity contribution is 7.90. The Hall–Kier alpha value is -3.00. The predicted octanol–water partition coefficient (Wildman–Crippen LogP) is 3.29. The highest BCUT2D eigenvalue weighted by Gasteiger charge is 2.20. The number of aryl methyl sites for hydroxylation is 2. The van der Waals surface area contributed by atoms with Crippen LogP contribution < -0.4 is 5.32 Å². The molecular weight excluding hydrogens is 366 g/mol. The fourth-order valence-corrected chi connectivity index (χ4v) is 3.68. The fourth-order valence-electron chi connectivity index (χ4n) is 2.51. The van der Waals surface area contributed by atoms with E-state index in [9.17, 15) is 13.2 Å². The minimum absolute atomic E-state index is 0.0761. The fraction of sp³-hybridized carbons (Fsp3) is 0.211. The molecule has 0 aliphatic rings. The molecule has 0 saturated carbocycles. The molecule has 0 fully saturated rings. The first-order valence-electron chi connectivity index (χ1n) is 8.25. The summed E-state index contributed by atoms with van der Waals surface area (Å²) >= 11 is 0. The first-order chi connectivity index (χ1) is 12.7. The Balaban J connectivity index is 1.85. The zero-order valence-corrected chi connectivity index (χ0v) is 16.0. The Morgan fingerprint density at radius 1 is 1.11 bits per heavy atom. The predicted molar refractivity (Wildman–Crippen MR) is 101 cm³/mol. The summed E-state index contributed by atoms with van der Waals surface area (Å²) in [5, 5.41) is 6.51. The molecular formula is C19H19N3O4S. The van der Waals surface area contributed by atoms with Gasteiger partial charge in [-0.1, -0.05) is 28.9 Å². The van der Waals surface area contributed by atoms with Crippen molar-refractivity contribution >= 4 is 21.4 Å². The lowest BCUT2D eigenvalue weighted by molar-refractivity contribution is -0.114. The average molecular weight is 385 g/mol. The molecule has 2 aromatic carbocycles. The number of hydrogen-bond acceptors (Lipinski definition) is 6. The van der Waals surface area contributed by atoms with Crippen LogP contribution in [-0.2, 0) is 20.4 Å². The molecule has 27 heavy (non-hydrogen) atoms. The lowest BCUT2D eigenvalue weighted by Crippen LogP contribution is -2.07. The molecule has 140 valence electrons. The smallest absolute Gasteiger partial charge is 0.258 e. The topological polar surface area (TPSA) is 102 Å². The van der Waals surface area contributed by atoms with Gasteiger partial charge in [0, 0.05) is 18.2 Å². The van der Waals surface area contributed by atoms with Gasteiger partial charge in [0.25, 0.3) is 5.89 Å². The number of anilines is 1. The molecule has 8 heteroatoms. The summed E-state index contributed by atoms with van der Waals surface area (Å²) in [5.41, 5.74) is 3.09. The van der Waals surface area contributed by atoms with Gasteiger partial charge in [-0.3, -0.25) is 4.79 Å². The second-order valence-electron chi connectivity index (χ2n) is 6.30. The summed E-state index contributed by atoms with van der Waals surface area (Å²) in [6.07, 6.45) is 0. The van der Waals surface area contributed by atoms with Gasteiger partial charge in [-0.2, -0.15) is 4.98 Å². The number of rotatable bonds is 5. The van der Waals surface area contributed by atoms with Crippen LogP contribution in [0.1, 0.15) is 23.9 Å². The van der Waals surface area contributed by atoms with E-state index in [0.29, 0.717) is 11.3 Å². The van der Waals surface area contributed by atoms with E-state index in [0.717, 1.165) is 11.1 Å². The molecule has 0 unspecified atom stereocenters. The van der Waals surface area contributed by atoms with Crippen LogP contribution in [0.15, 0.2) is 51.9 Å². The molecule has 0 aliphatic carbocycles. The van der Waals surface area contributed by atoms with Crippen molar-refractivity contribution in [2.45, 2.75) is 31.4 Å². The number of amides is 1. The minimum atomic E-state index is -3.57. The number of aromatic nitrogens is 2. The van der Waals surface area contributed by atoms with Gasteiger partial charge in [0.2, 0.25) is 5.91 Å². The van der Waals surface area contributed by atoms with Crippen LogP contribution in [0.5, 0.6) is 0 Å². The minimum Gasteiger partial charge on any atom is -0.334 e. The zero-order chi connectivity index (χ0) is 19.6. The molecule has 1 heterocycles. The van der Waals surface area contributed by atoms with Crippen LogP contribution in [0.25, 0.3) is 11.5 Å². The normalized spacial score (nSPS) is 11.4. The first kappa shape index (κ1) is 18.8. The molecule has 1 aromatic heterocycles. The first-order valence-corrected chi connectivity index (χ1v) is 9.90. The molecule has 0 bridgehead atoms. The molecule has 7 nitrogen and oxygen atoms in total. The van der Waals surface area contributed by atoms with Crippen LogP contribution in [-0.4, -0.2) is 24.5 Å². The molecule has 1 N–H and O–H groups in total. The van der Waals surface area contributed by atoms with Gasteiger partial charge >= 0.3 is 0 Å². The molecule has 3 rings (SSSR count). The van der Waals surface area contributed by atoms with E-state index >= 15 is 0 Å². The van der Waals surface area contributed by atoms with Crippen molar-refractivity contribution in [3.05, 3.63) is 59.4 Å². The van der Waals surface area contributed by atoms with E-state index < -0.39 is 9.84 Å². The summed E-state index contributed by atoms with van der Waals surface area (Å²) in [5.74, 6) is -0.280. The van der Waals surface area contributed by atoms with E-state index in [1.165, 1.54) is 6.92 Å². The maximum absolute atomic E-state index is 12.5. The maximum Gasteiger partial charge on any atom is 0.258 e. The van der Waals surface area contributed by atoms with Crippen molar-refractivity contribution in [2.24, 2.45) is 0 Å². The molecule has 0 spiro atoms. The molecule has 0 radical (unpaired) electrons. The Labute approximate surface area is 157 Å². The highest BCUT2D eigenvalue weighted by atomic mass is 32.2. The average Bonchev–Trinajstić information content (AvgIpc) is 3.04. The third kappa shape index (κ3) is 4.40. The Morgan fingerprint density at radius 2 is 1.81 bits per heavy atom. The number of sulfone groups is 1. The summed E-state index contributed by atoms with van der Waals surface area (Å²) in [6.45, 7) is 5.17. The lowest BCUT2D eigenvalue weighted by atomic mass is 10.1. The maximum atomic E-state index is 12.5. The van der Waals surface area contributed by atoms with Gasteiger partial charge in [-0.15, -0.1) is 0 Å². The van der Waals surface area contributed by atoms with E-state index in [4.69, 9.17) is 4.52 Å². The number of carbonyl (C=O) groups is 1. The molecule has 0 aliphatic heterocycles. The number of carbonyl (C=O) groups excluding carboxylic acids is 1. The standard InChI is InChI=1S/C19H19N3O4S/c1-12-4-8-16(9-5-12)27(24,25)11-18-21-19(26-22-18)15-7-6-13(2)17(10-15)20-14(3)23/h4-10H,11H2,1-3H3,(H,20,23). The third-order valence-corrected chi connectivity index (χ3v) is 5.59. The SMILES string of the molecule is CC(=O)Nc1cc(-c2nc(CS(=O)(=O)c3ccc(C)cc3)no2)ccc1C. The van der Waals surface area contributed by atoms with Crippen molar-refractivity contribution < 1.29 is 17.7 Å². The summed E-state index contributed by atoms with van der Waals surface area (Å²) in [4.78, 5) is 15.7. The van der Waals surface area contributed by atoms with Gasteiger partial charge < -0.3 is 9.84 Å². The summed E-state index contributed by atoms with van der Waals surface area (Å²) < 4.78 is 30.2. The van der Waals surface area contributed by atoms with Crippen LogP contribution in [0, 0.1) is 13.8 Å². The van der Waals surface area contributed by atoms with Crippen molar-refractivity contribution in [1.82, 2.24) is 10.1 Å². The van der Waals surface area contributed by atoms with E-state index in [-0.39, 0.29) is 28.3 Å². The number of hydrogen-bond donors (Lipinski definition) is 1. The van der Waals surface area contributed by atoms with Gasteiger partial charge in [0.15, 0.2) is 15.7 Å². The number of benzene rings is 2. The lowest BCUT2D eigenvalue weighted by Gasteiger charge is -2.07. The van der Waals surface area contributed by atoms with Gasteiger partial charge in [0.1, 0.15) is 5.75 Å². The summed E-state index contributed by atoms with van der Waals surface area (Å²) in [6, 6.07) is 11.9. The Morgan fingerprint density at radius 3 is 2.48 bits per heavy atom. The van der Waals surface area contributed by atoms with Crippen LogP contribution in [0.4, 0.5) is 5.69 Å². The quantitative estimate of drug-likeness (QED) is 0.723. The molecule has 0 saturated heterocycles. The largest absolute Gasteiger partial charge is 0.334 e. The van der Waals surface area contributed by atoms with E-state index in [2.05, 4.69) is 15.5 Å². The van der Waals surface area contributed by atoms with Gasteiger partial charge in [-0.05, 0) is 43.7 Å². The third-order valence-electron chi connectivity index (χ3n) is 3.96. The van der Waals surface area contributed by atoms with Crippen molar-refractivity contribution in [3.63, 3.8) is 0 Å². The summed E-state index contributed by atoms with van der Waals surface area (Å²) in [7, 11) is -3.57.